The number of aliphatic hydroxyl groups is 1. The van der Waals surface area contributed by atoms with Crippen LogP contribution in [0.1, 0.15) is 5.56 Å². The van der Waals surface area contributed by atoms with E-state index in [4.69, 9.17) is 21.4 Å². The summed E-state index contributed by atoms with van der Waals surface area (Å²) < 4.78 is 17.6. The normalized spacial score (nSPS) is 20.2. The van der Waals surface area contributed by atoms with E-state index in [1.165, 1.54) is 18.2 Å². The van der Waals surface area contributed by atoms with Gasteiger partial charge in [0.2, 0.25) is 0 Å². The maximum Gasteiger partial charge on any atom is 0.300 e. The maximum atomic E-state index is 12.7. The number of benzene rings is 1. The van der Waals surface area contributed by atoms with Gasteiger partial charge in [-0.25, -0.2) is 9.38 Å². The average molecular weight is 202 g/mol. The topological polar surface area (TPSA) is 41.8 Å². The highest BCUT2D eigenvalue weighted by molar-refractivity contribution is 6.70. The van der Waals surface area contributed by atoms with Crippen LogP contribution in [0.25, 0.3) is 0 Å². The number of halogens is 2. The highest BCUT2D eigenvalue weighted by Gasteiger charge is 2.19. The second-order valence-electron chi connectivity index (χ2n) is 2.50. The average Bonchev–Trinajstić information content (AvgIpc) is 2.06. The van der Waals surface area contributed by atoms with Crippen LogP contribution in [0.15, 0.2) is 23.2 Å². The van der Waals surface area contributed by atoms with Gasteiger partial charge in [0.15, 0.2) is 0 Å². The first-order valence-electron chi connectivity index (χ1n) is 3.55. The predicted octanol–water partition coefficient (Wildman–Crippen LogP) is 1.48. The molecule has 0 saturated carbocycles. The number of fused-ring (bicyclic) bond motifs is 1. The first-order valence-corrected chi connectivity index (χ1v) is 3.92. The van der Waals surface area contributed by atoms with Gasteiger partial charge < -0.3 is 9.84 Å². The molecule has 1 aromatic carbocycles. The van der Waals surface area contributed by atoms with E-state index in [-0.39, 0.29) is 5.17 Å². The summed E-state index contributed by atoms with van der Waals surface area (Å²) in [6.45, 7) is 0. The molecule has 1 aromatic rings. The predicted molar refractivity (Wildman–Crippen MR) is 45.4 cm³/mol. The number of nitrogens with zero attached hydrogens (tertiary/aromatic N) is 1. The molecule has 68 valence electrons. The molecule has 0 spiro atoms. The number of aliphatic hydroxyl groups excluding tert-OH is 1. The van der Waals surface area contributed by atoms with Crippen LogP contribution in [0.2, 0.25) is 0 Å². The fourth-order valence-electron chi connectivity index (χ4n) is 1.07. The Bertz CT molecular complexity index is 380. The third kappa shape index (κ3) is 1.50. The van der Waals surface area contributed by atoms with Crippen LogP contribution in [0.4, 0.5) is 4.39 Å². The molecular formula is C8H5ClFNO2. The van der Waals surface area contributed by atoms with Crippen molar-refractivity contribution in [3.05, 3.63) is 29.6 Å². The molecule has 5 heteroatoms. The minimum Gasteiger partial charge on any atom is -0.444 e. The van der Waals surface area contributed by atoms with Crippen molar-refractivity contribution >= 4 is 16.8 Å². The Morgan fingerprint density at radius 1 is 1.54 bits per heavy atom. The molecule has 3 nitrogen and oxygen atoms in total. The van der Waals surface area contributed by atoms with Gasteiger partial charge in [0, 0.05) is 0 Å². The Balaban J connectivity index is 2.54. The van der Waals surface area contributed by atoms with Crippen LogP contribution in [0.5, 0.6) is 5.75 Å². The molecule has 1 heterocycles. The van der Waals surface area contributed by atoms with E-state index in [0.29, 0.717) is 11.3 Å². The maximum absolute atomic E-state index is 12.7. The van der Waals surface area contributed by atoms with Gasteiger partial charge in [-0.15, -0.1) is 0 Å². The largest absolute Gasteiger partial charge is 0.444 e. The first-order chi connectivity index (χ1) is 6.16. The van der Waals surface area contributed by atoms with Crippen LogP contribution in [-0.2, 0) is 0 Å². The van der Waals surface area contributed by atoms with E-state index in [9.17, 15) is 4.39 Å². The van der Waals surface area contributed by atoms with Crippen LogP contribution in [0, 0.1) is 5.82 Å². The van der Waals surface area contributed by atoms with Crippen molar-refractivity contribution < 1.29 is 14.2 Å². The van der Waals surface area contributed by atoms with E-state index in [0.717, 1.165) is 0 Å². The number of ether oxygens (including phenoxy) is 1. The summed E-state index contributed by atoms with van der Waals surface area (Å²) in [5.41, 5.74) is 0.354. The zero-order valence-electron chi connectivity index (χ0n) is 6.37. The van der Waals surface area contributed by atoms with Gasteiger partial charge >= 0.3 is 0 Å². The Morgan fingerprint density at radius 2 is 2.31 bits per heavy atom. The first kappa shape index (κ1) is 8.47. The molecule has 1 aliphatic rings. The fraction of sp³-hybridized carbons (Fsp3) is 0.125. The Kier molecular flexibility index (Phi) is 1.94. The molecule has 1 unspecified atom stereocenters. The van der Waals surface area contributed by atoms with Gasteiger partial charge in [-0.3, -0.25) is 0 Å². The molecule has 0 aliphatic carbocycles. The highest BCUT2D eigenvalue weighted by atomic mass is 35.5. The van der Waals surface area contributed by atoms with Crippen molar-refractivity contribution in [2.24, 2.45) is 4.99 Å². The monoisotopic (exact) mass is 201 g/mol. The molecular weight excluding hydrogens is 197 g/mol. The SMILES string of the molecule is OC1N=C(Cl)c2cc(F)ccc2O1. The van der Waals surface area contributed by atoms with Crippen molar-refractivity contribution in [3.63, 3.8) is 0 Å². The van der Waals surface area contributed by atoms with Gasteiger partial charge in [0.05, 0.1) is 5.56 Å². The summed E-state index contributed by atoms with van der Waals surface area (Å²) in [6, 6.07) is 3.82. The van der Waals surface area contributed by atoms with Crippen molar-refractivity contribution in [3.8, 4) is 5.75 Å². The summed E-state index contributed by atoms with van der Waals surface area (Å²) in [4.78, 5) is 3.51. The second kappa shape index (κ2) is 2.97. The molecule has 2 rings (SSSR count). The van der Waals surface area contributed by atoms with Gasteiger partial charge in [-0.1, -0.05) is 11.6 Å². The molecule has 0 radical (unpaired) electrons. The second-order valence-corrected chi connectivity index (χ2v) is 2.86. The Morgan fingerprint density at radius 3 is 3.08 bits per heavy atom. The van der Waals surface area contributed by atoms with E-state index in [1.54, 1.807) is 0 Å². The van der Waals surface area contributed by atoms with Crippen molar-refractivity contribution in [1.29, 1.82) is 0 Å². The number of aliphatic imine (C=N–C) groups is 1. The summed E-state index contributed by atoms with van der Waals surface area (Å²) in [6.07, 6.45) is -1.30. The number of rotatable bonds is 0. The summed E-state index contributed by atoms with van der Waals surface area (Å²) >= 11 is 5.66. The quantitative estimate of drug-likeness (QED) is 0.691. The van der Waals surface area contributed by atoms with Crippen molar-refractivity contribution in [1.82, 2.24) is 0 Å². The Hall–Kier alpha value is -1.13. The van der Waals surface area contributed by atoms with Crippen LogP contribution in [0.3, 0.4) is 0 Å². The summed E-state index contributed by atoms with van der Waals surface area (Å²) in [5, 5.41) is 9.06. The molecule has 0 bridgehead atoms. The summed E-state index contributed by atoms with van der Waals surface area (Å²) in [7, 11) is 0. The van der Waals surface area contributed by atoms with Gasteiger partial charge in [0.25, 0.3) is 6.41 Å². The fourth-order valence-corrected chi connectivity index (χ4v) is 1.30. The minimum absolute atomic E-state index is 0.0493. The smallest absolute Gasteiger partial charge is 0.300 e. The summed E-state index contributed by atoms with van der Waals surface area (Å²) in [5.74, 6) is -0.0963. The van der Waals surface area contributed by atoms with Crippen LogP contribution in [-0.4, -0.2) is 16.7 Å². The van der Waals surface area contributed by atoms with Gasteiger partial charge in [-0.05, 0) is 18.2 Å². The third-order valence-electron chi connectivity index (χ3n) is 1.62. The molecule has 0 saturated heterocycles. The van der Waals surface area contributed by atoms with E-state index in [2.05, 4.69) is 4.99 Å². The zero-order chi connectivity index (χ0) is 9.42. The Labute approximate surface area is 78.4 Å². The van der Waals surface area contributed by atoms with E-state index < -0.39 is 12.2 Å². The van der Waals surface area contributed by atoms with Crippen molar-refractivity contribution in [2.75, 3.05) is 0 Å². The van der Waals surface area contributed by atoms with E-state index >= 15 is 0 Å². The van der Waals surface area contributed by atoms with Gasteiger partial charge in [0.1, 0.15) is 16.7 Å². The van der Waals surface area contributed by atoms with Crippen molar-refractivity contribution in [2.45, 2.75) is 6.41 Å². The van der Waals surface area contributed by atoms with Gasteiger partial charge in [-0.2, -0.15) is 0 Å². The van der Waals surface area contributed by atoms with E-state index in [1.807, 2.05) is 0 Å². The molecule has 1 atom stereocenters. The lowest BCUT2D eigenvalue weighted by atomic mass is 10.2. The molecule has 0 fully saturated rings. The molecule has 0 aromatic heterocycles. The molecule has 0 amide bonds. The molecule has 13 heavy (non-hydrogen) atoms. The third-order valence-corrected chi connectivity index (χ3v) is 1.92. The lowest BCUT2D eigenvalue weighted by Gasteiger charge is -2.17. The zero-order valence-corrected chi connectivity index (χ0v) is 7.12. The van der Waals surface area contributed by atoms with Crippen LogP contribution < -0.4 is 4.74 Å². The molecule has 1 aliphatic heterocycles. The molecule has 1 N–H and O–H groups in total. The standard InChI is InChI=1S/C8H5ClFNO2/c9-7-5-3-4(10)1-2-6(5)13-8(12)11-7/h1-3,8,12H. The number of hydrogen-bond acceptors (Lipinski definition) is 3. The lowest BCUT2D eigenvalue weighted by molar-refractivity contribution is -0.0111. The lowest BCUT2D eigenvalue weighted by Crippen LogP contribution is -2.20. The minimum atomic E-state index is -1.30. The highest BCUT2D eigenvalue weighted by Crippen LogP contribution is 2.26. The number of hydrogen-bond donors (Lipinski definition) is 1. The van der Waals surface area contributed by atoms with Crippen LogP contribution >= 0.6 is 11.6 Å².